The molecule has 0 radical (unpaired) electrons. The van der Waals surface area contributed by atoms with Gasteiger partial charge in [-0.2, -0.15) is 0 Å². The summed E-state index contributed by atoms with van der Waals surface area (Å²) >= 11 is 0. The molecule has 204 valence electrons. The Bertz CT molecular complexity index is 1330. The summed E-state index contributed by atoms with van der Waals surface area (Å²) in [6.45, 7) is -0.0173. The third-order valence-corrected chi connectivity index (χ3v) is 7.32. The molecule has 1 unspecified atom stereocenters. The van der Waals surface area contributed by atoms with Gasteiger partial charge in [-0.3, -0.25) is 23.7 Å². The van der Waals surface area contributed by atoms with Crippen molar-refractivity contribution in [2.75, 3.05) is 19.4 Å². The molecule has 1 fully saturated rings. The summed E-state index contributed by atoms with van der Waals surface area (Å²) < 4.78 is 67.3. The molecule has 0 spiro atoms. The lowest BCUT2D eigenvalue weighted by molar-refractivity contribution is -0.151. The highest BCUT2D eigenvalue weighted by Crippen LogP contribution is 2.51. The number of nitrogens with zero attached hydrogens (tertiary/aromatic N) is 1. The molecular weight excluding hydrogens is 512 g/mol. The fourth-order valence-electron chi connectivity index (χ4n) is 3.57. The number of halogens is 1. The molecule has 12 nitrogen and oxygen atoms in total. The molecule has 1 aliphatic heterocycles. The maximum absolute atomic E-state index is 14.2. The van der Waals surface area contributed by atoms with Gasteiger partial charge in [0.25, 0.3) is 5.56 Å². The van der Waals surface area contributed by atoms with Gasteiger partial charge in [0.2, 0.25) is 0 Å². The summed E-state index contributed by atoms with van der Waals surface area (Å²) in [5.74, 6) is -1.78. The van der Waals surface area contributed by atoms with Crippen LogP contribution < -0.4 is 21.5 Å². The second-order valence-corrected chi connectivity index (χ2v) is 10.9. The molecule has 1 aliphatic rings. The summed E-state index contributed by atoms with van der Waals surface area (Å²) in [5, 5.41) is 10.9. The van der Waals surface area contributed by atoms with E-state index in [1.807, 2.05) is 4.98 Å². The molecule has 0 bridgehead atoms. The Labute approximate surface area is 214 Å². The highest BCUT2D eigenvalue weighted by atomic mass is 31.2. The van der Waals surface area contributed by atoms with Crippen LogP contribution in [0, 0.1) is 5.92 Å². The molecule has 4 N–H and O–H groups in total. The number of rotatable bonds is 11. The Morgan fingerprint density at radius 2 is 2.00 bits per heavy atom. The number of ether oxygens (including phenoxy) is 2. The van der Waals surface area contributed by atoms with Crippen LogP contribution in [0.25, 0.3) is 0 Å². The first kappa shape index (κ1) is 25.8. The third kappa shape index (κ3) is 6.74. The molecule has 1 saturated heterocycles. The lowest BCUT2D eigenvalue weighted by Gasteiger charge is -2.30. The van der Waals surface area contributed by atoms with E-state index in [2.05, 4.69) is 0 Å². The van der Waals surface area contributed by atoms with Crippen molar-refractivity contribution in [3.05, 3.63) is 63.4 Å². The van der Waals surface area contributed by atoms with Crippen LogP contribution in [0.3, 0.4) is 0 Å². The van der Waals surface area contributed by atoms with Crippen LogP contribution in [0.5, 0.6) is 5.75 Å². The monoisotopic (exact) mass is 545 g/mol. The van der Waals surface area contributed by atoms with Gasteiger partial charge >= 0.3 is 19.3 Å². The second-order valence-electron chi connectivity index (χ2n) is 8.91. The Hall–Kier alpha value is -2.83. The SMILES string of the molecule is [2H]C([2H])(O[P@](=O)(C[C@@H](C)C(=O)OC(C)C)Oc1ccccc1)[C@H]1O[C@@H](n2ccc(=O)[nH]c2=O)C(N)(CF)[C@H]1O. The van der Waals surface area contributed by atoms with E-state index in [0.29, 0.717) is 4.57 Å². The minimum Gasteiger partial charge on any atom is -0.463 e. The fraction of sp³-hybridized carbons (Fsp3) is 0.522. The fourth-order valence-corrected chi connectivity index (χ4v) is 5.28. The van der Waals surface area contributed by atoms with E-state index in [0.717, 1.165) is 12.3 Å². The Morgan fingerprint density at radius 3 is 2.59 bits per heavy atom. The number of aromatic nitrogens is 2. The maximum atomic E-state index is 14.2. The van der Waals surface area contributed by atoms with E-state index < -0.39 is 80.2 Å². The third-order valence-electron chi connectivity index (χ3n) is 5.46. The quantitative estimate of drug-likeness (QED) is 0.276. The van der Waals surface area contributed by atoms with Gasteiger partial charge in [0.15, 0.2) is 6.23 Å². The number of para-hydroxylation sites is 1. The van der Waals surface area contributed by atoms with E-state index in [-0.39, 0.29) is 5.75 Å². The van der Waals surface area contributed by atoms with Crippen LogP contribution in [-0.4, -0.2) is 63.9 Å². The Morgan fingerprint density at radius 1 is 1.32 bits per heavy atom. The number of alkyl halides is 1. The van der Waals surface area contributed by atoms with E-state index in [1.54, 1.807) is 32.0 Å². The molecule has 1 aromatic carbocycles. The summed E-state index contributed by atoms with van der Waals surface area (Å²) in [6, 6.07) is 8.55. The number of benzene rings is 1. The normalized spacial score (nSPS) is 27.2. The van der Waals surface area contributed by atoms with Crippen LogP contribution in [0.15, 0.2) is 52.2 Å². The number of hydrogen-bond acceptors (Lipinski definition) is 10. The van der Waals surface area contributed by atoms with Gasteiger partial charge in [-0.05, 0) is 26.0 Å². The standard InChI is InChI=1S/C23H31FN3O9P/c1-14(2)34-20(30)15(3)12-37(32,36-16-7-5-4-6-8-16)33-11-17-19(29)23(25,13-24)21(35-17)27-10-9-18(28)26-22(27)31/h4-10,14-15,17,19,21,29H,11-13,25H2,1-3H3,(H,26,28,31)/t15-,17-,19+,21-,23?,37-/m1/s1/i11D2. The number of aromatic amines is 1. The van der Waals surface area contributed by atoms with Crippen molar-refractivity contribution in [3.63, 3.8) is 0 Å². The molecule has 0 aliphatic carbocycles. The predicted molar refractivity (Wildman–Crippen MR) is 130 cm³/mol. The van der Waals surface area contributed by atoms with E-state index in [9.17, 15) is 28.4 Å². The molecule has 14 heteroatoms. The topological polar surface area (TPSA) is 172 Å². The molecule has 2 heterocycles. The number of aliphatic hydroxyl groups is 1. The summed E-state index contributed by atoms with van der Waals surface area (Å²) in [7, 11) is -4.57. The number of carbonyl (C=O) groups is 1. The largest absolute Gasteiger partial charge is 0.463 e. The first-order chi connectivity index (χ1) is 18.1. The summed E-state index contributed by atoms with van der Waals surface area (Å²) in [6.07, 6.45) is -6.17. The van der Waals surface area contributed by atoms with Crippen molar-refractivity contribution in [2.45, 2.75) is 50.8 Å². The van der Waals surface area contributed by atoms with Gasteiger partial charge in [-0.1, -0.05) is 25.1 Å². The smallest absolute Gasteiger partial charge is 0.380 e. The van der Waals surface area contributed by atoms with Crippen molar-refractivity contribution in [2.24, 2.45) is 11.7 Å². The van der Waals surface area contributed by atoms with Crippen LogP contribution >= 0.6 is 7.60 Å². The average molecular weight is 545 g/mol. The minimum absolute atomic E-state index is 0.0311. The number of esters is 1. The molecular formula is C23H31FN3O9P. The minimum atomic E-state index is -4.57. The lowest BCUT2D eigenvalue weighted by atomic mass is 9.92. The van der Waals surface area contributed by atoms with Crippen LogP contribution in [0.2, 0.25) is 0 Å². The van der Waals surface area contributed by atoms with Gasteiger partial charge in [0.1, 0.15) is 30.2 Å². The number of nitrogens with one attached hydrogen (secondary N) is 1. The van der Waals surface area contributed by atoms with Crippen LogP contribution in [-0.2, 0) is 23.4 Å². The van der Waals surface area contributed by atoms with Crippen LogP contribution in [0.1, 0.15) is 29.7 Å². The lowest BCUT2D eigenvalue weighted by Crippen LogP contribution is -2.57. The van der Waals surface area contributed by atoms with Gasteiger partial charge < -0.3 is 24.8 Å². The maximum Gasteiger partial charge on any atom is 0.380 e. The highest BCUT2D eigenvalue weighted by molar-refractivity contribution is 7.54. The van der Waals surface area contributed by atoms with Crippen LogP contribution in [0.4, 0.5) is 4.39 Å². The zero-order chi connectivity index (χ0) is 29.2. The van der Waals surface area contributed by atoms with Gasteiger partial charge in [-0.15, -0.1) is 0 Å². The molecule has 3 rings (SSSR count). The van der Waals surface area contributed by atoms with Gasteiger partial charge in [0, 0.05) is 12.3 Å². The summed E-state index contributed by atoms with van der Waals surface area (Å²) in [5.41, 5.74) is 1.85. The van der Waals surface area contributed by atoms with Gasteiger partial charge in [-0.25, -0.2) is 13.8 Å². The molecule has 1 aromatic heterocycles. The number of carbonyl (C=O) groups excluding carboxylic acids is 1. The van der Waals surface area contributed by atoms with Crippen molar-refractivity contribution in [3.8, 4) is 5.75 Å². The zero-order valence-electron chi connectivity index (χ0n) is 22.4. The number of H-pyrrole nitrogens is 1. The molecule has 2 aromatic rings. The molecule has 0 amide bonds. The van der Waals surface area contributed by atoms with Crippen molar-refractivity contribution in [1.82, 2.24) is 9.55 Å². The average Bonchev–Trinajstić information content (AvgIpc) is 3.10. The first-order valence-electron chi connectivity index (χ1n) is 12.4. The van der Waals surface area contributed by atoms with Gasteiger partial charge in [0.05, 0.1) is 27.5 Å². The van der Waals surface area contributed by atoms with Crippen molar-refractivity contribution < 1.29 is 40.1 Å². The number of hydrogen-bond donors (Lipinski definition) is 3. The van der Waals surface area contributed by atoms with E-state index in [1.165, 1.54) is 19.1 Å². The molecule has 6 atom stereocenters. The first-order valence-corrected chi connectivity index (χ1v) is 13.1. The number of aliphatic hydroxyl groups excluding tert-OH is 1. The molecule has 37 heavy (non-hydrogen) atoms. The van der Waals surface area contributed by atoms with E-state index in [4.69, 9.17) is 27.0 Å². The summed E-state index contributed by atoms with van der Waals surface area (Å²) in [4.78, 5) is 38.1. The van der Waals surface area contributed by atoms with E-state index >= 15 is 0 Å². The number of nitrogens with two attached hydrogens (primary N) is 1. The second kappa shape index (κ2) is 11.7. The predicted octanol–water partition coefficient (Wildman–Crippen LogP) is 1.34. The highest BCUT2D eigenvalue weighted by Gasteiger charge is 2.56. The zero-order valence-corrected chi connectivity index (χ0v) is 21.3. The van der Waals surface area contributed by atoms with Crippen molar-refractivity contribution in [1.29, 1.82) is 0 Å². The van der Waals surface area contributed by atoms with Crippen molar-refractivity contribution >= 4 is 13.6 Å². The molecule has 0 saturated carbocycles. The Balaban J connectivity index is 1.96. The Kier molecular flexibility index (Phi) is 8.16.